The van der Waals surface area contributed by atoms with Crippen molar-refractivity contribution in [2.75, 3.05) is 13.2 Å². The first-order valence-corrected chi connectivity index (χ1v) is 20.6. The van der Waals surface area contributed by atoms with Crippen molar-refractivity contribution in [3.8, 4) is 0 Å². The highest BCUT2D eigenvalue weighted by atomic mass is 31.2. The quantitative estimate of drug-likeness (QED) is 0.0224. The van der Waals surface area contributed by atoms with E-state index in [2.05, 4.69) is 60.9 Å². The molecule has 9 nitrogen and oxygen atoms in total. The van der Waals surface area contributed by atoms with Gasteiger partial charge in [-0.2, -0.15) is 0 Å². The monoisotopic (exact) mass is 710 g/mol. The number of esters is 2. The number of carbonyl (C=O) groups is 2. The first kappa shape index (κ1) is 45.0. The van der Waals surface area contributed by atoms with Crippen LogP contribution in [0.4, 0.5) is 0 Å². The third-order valence-electron chi connectivity index (χ3n) is 8.22. The lowest BCUT2D eigenvalue weighted by Crippen LogP contribution is -2.29. The minimum atomic E-state index is -4.77. The van der Waals surface area contributed by atoms with Crippen LogP contribution < -0.4 is 0 Å². The number of carbonyl (C=O) groups excluding carboxylic acids is 2. The Morgan fingerprint density at radius 2 is 1.12 bits per heavy atom. The van der Waals surface area contributed by atoms with E-state index in [1.165, 1.54) is 44.9 Å². The number of epoxide rings is 1. The van der Waals surface area contributed by atoms with Gasteiger partial charge in [-0.05, 0) is 77.0 Å². The Morgan fingerprint density at radius 3 is 1.80 bits per heavy atom. The minimum Gasteiger partial charge on any atom is -0.462 e. The van der Waals surface area contributed by atoms with E-state index in [0.717, 1.165) is 64.2 Å². The van der Waals surface area contributed by atoms with Gasteiger partial charge in [0.05, 0.1) is 18.8 Å². The van der Waals surface area contributed by atoms with Gasteiger partial charge in [-0.1, -0.05) is 114 Å². The lowest BCUT2D eigenvalue weighted by atomic mass is 10.1. The molecule has 1 rings (SSSR count). The molecule has 10 heteroatoms. The van der Waals surface area contributed by atoms with Gasteiger partial charge >= 0.3 is 19.8 Å². The third-order valence-corrected chi connectivity index (χ3v) is 8.71. The van der Waals surface area contributed by atoms with Crippen LogP contribution in [0.2, 0.25) is 0 Å². The SMILES string of the molecule is CCCCC/C=C\C/C=C\CC1OC1C/C=C\CCCC(=O)OC[C@H](COP(=O)(O)O)OC(=O)CCCCCCC/C=C\CCCCCC. The summed E-state index contributed by atoms with van der Waals surface area (Å²) in [5.41, 5.74) is 0. The van der Waals surface area contributed by atoms with Crippen molar-refractivity contribution in [3.05, 3.63) is 48.6 Å². The van der Waals surface area contributed by atoms with Crippen LogP contribution >= 0.6 is 7.82 Å². The Bertz CT molecular complexity index is 1000. The van der Waals surface area contributed by atoms with E-state index in [0.29, 0.717) is 19.3 Å². The second-order valence-electron chi connectivity index (χ2n) is 12.9. The van der Waals surface area contributed by atoms with E-state index in [9.17, 15) is 14.2 Å². The molecule has 2 N–H and O–H groups in total. The maximum absolute atomic E-state index is 12.4. The average molecular weight is 711 g/mol. The molecule has 2 unspecified atom stereocenters. The van der Waals surface area contributed by atoms with Gasteiger partial charge < -0.3 is 24.0 Å². The molecule has 0 aromatic carbocycles. The number of phosphoric acid groups is 1. The predicted molar refractivity (Wildman–Crippen MR) is 197 cm³/mol. The number of hydrogen-bond acceptors (Lipinski definition) is 7. The fraction of sp³-hybridized carbons (Fsp3) is 0.744. The first-order valence-electron chi connectivity index (χ1n) is 19.1. The zero-order valence-corrected chi connectivity index (χ0v) is 31.4. The molecular weight excluding hydrogens is 643 g/mol. The van der Waals surface area contributed by atoms with Crippen LogP contribution in [0, 0.1) is 0 Å². The summed E-state index contributed by atoms with van der Waals surface area (Å²) in [6.07, 6.45) is 38.6. The van der Waals surface area contributed by atoms with Crippen molar-refractivity contribution >= 4 is 19.8 Å². The van der Waals surface area contributed by atoms with E-state index < -0.39 is 32.5 Å². The van der Waals surface area contributed by atoms with Crippen LogP contribution in [0.5, 0.6) is 0 Å². The van der Waals surface area contributed by atoms with E-state index in [1.807, 2.05) is 6.08 Å². The molecule has 0 radical (unpaired) electrons. The van der Waals surface area contributed by atoms with Crippen LogP contribution in [-0.4, -0.2) is 53.3 Å². The fourth-order valence-corrected chi connectivity index (χ4v) is 5.58. The van der Waals surface area contributed by atoms with E-state index in [-0.39, 0.29) is 31.7 Å². The molecule has 0 bridgehead atoms. The largest absolute Gasteiger partial charge is 0.469 e. The van der Waals surface area contributed by atoms with Crippen molar-refractivity contribution in [2.45, 2.75) is 173 Å². The average Bonchev–Trinajstić information content (AvgIpc) is 3.82. The van der Waals surface area contributed by atoms with Crippen LogP contribution in [0.3, 0.4) is 0 Å². The first-order chi connectivity index (χ1) is 23.7. The van der Waals surface area contributed by atoms with Crippen molar-refractivity contribution in [3.63, 3.8) is 0 Å². The second kappa shape index (κ2) is 30.8. The summed E-state index contributed by atoms with van der Waals surface area (Å²) in [5, 5.41) is 0. The number of phosphoric ester groups is 1. The van der Waals surface area contributed by atoms with E-state index in [4.69, 9.17) is 24.0 Å². The Kier molecular flexibility index (Phi) is 28.2. The highest BCUT2D eigenvalue weighted by Gasteiger charge is 2.36. The van der Waals surface area contributed by atoms with Crippen LogP contribution in [0.1, 0.15) is 155 Å². The minimum absolute atomic E-state index is 0.180. The molecule has 1 saturated heterocycles. The molecule has 0 aromatic rings. The Hall–Kier alpha value is -2.03. The lowest BCUT2D eigenvalue weighted by molar-refractivity contribution is -0.161. The van der Waals surface area contributed by atoms with Crippen molar-refractivity contribution in [2.24, 2.45) is 0 Å². The molecule has 0 aliphatic carbocycles. The number of ether oxygens (including phenoxy) is 3. The standard InChI is InChI=1S/C39H67O9P/c1-3-5-7-9-11-13-14-15-16-18-20-22-28-32-39(41)47-35(34-46-49(42,43)44)33-45-38(40)31-27-24-23-26-30-37-36(48-37)29-25-21-19-17-12-10-8-6-4-2/h12-14,17,21,23,25-26,35-37H,3-11,15-16,18-20,22,24,27-34H2,1-2H3,(H2,42,43,44)/b14-13-,17-12-,25-21-,26-23-/t35-,36?,37?/m1/s1. The molecule has 1 heterocycles. The number of allylic oxidation sites excluding steroid dienone is 6. The molecule has 0 amide bonds. The van der Waals surface area contributed by atoms with Gasteiger partial charge in [0.15, 0.2) is 6.10 Å². The molecule has 3 atom stereocenters. The van der Waals surface area contributed by atoms with Gasteiger partial charge in [0.1, 0.15) is 6.61 Å². The Balaban J connectivity index is 2.15. The molecule has 282 valence electrons. The summed E-state index contributed by atoms with van der Waals surface area (Å²) in [7, 11) is -4.77. The Labute approximate surface area is 297 Å². The van der Waals surface area contributed by atoms with Gasteiger partial charge in [-0.3, -0.25) is 14.1 Å². The molecule has 1 aliphatic heterocycles. The maximum atomic E-state index is 12.4. The van der Waals surface area contributed by atoms with Gasteiger partial charge in [0.25, 0.3) is 0 Å². The molecule has 1 aliphatic rings. The number of hydrogen-bond donors (Lipinski definition) is 2. The smallest absolute Gasteiger partial charge is 0.462 e. The van der Waals surface area contributed by atoms with Crippen molar-refractivity contribution in [1.82, 2.24) is 0 Å². The number of rotatable bonds is 33. The molecule has 0 spiro atoms. The topological polar surface area (TPSA) is 132 Å². The van der Waals surface area contributed by atoms with Crippen molar-refractivity contribution < 1.29 is 42.7 Å². The number of unbranched alkanes of at least 4 members (excludes halogenated alkanes) is 13. The highest BCUT2D eigenvalue weighted by Crippen LogP contribution is 2.36. The Morgan fingerprint density at radius 1 is 0.633 bits per heavy atom. The second-order valence-corrected chi connectivity index (χ2v) is 14.2. The van der Waals surface area contributed by atoms with Gasteiger partial charge in [-0.25, -0.2) is 4.57 Å². The molecular formula is C39H67O9P. The zero-order chi connectivity index (χ0) is 35.8. The molecule has 1 fully saturated rings. The summed E-state index contributed by atoms with van der Waals surface area (Å²) in [6, 6.07) is 0. The fourth-order valence-electron chi connectivity index (χ4n) is 5.22. The van der Waals surface area contributed by atoms with Crippen LogP contribution in [-0.2, 0) is 32.9 Å². The van der Waals surface area contributed by atoms with E-state index >= 15 is 0 Å². The maximum Gasteiger partial charge on any atom is 0.469 e. The summed E-state index contributed by atoms with van der Waals surface area (Å²) >= 11 is 0. The van der Waals surface area contributed by atoms with Gasteiger partial charge in [0.2, 0.25) is 0 Å². The van der Waals surface area contributed by atoms with E-state index in [1.54, 1.807) is 0 Å². The summed E-state index contributed by atoms with van der Waals surface area (Å²) in [5.74, 6) is -0.972. The third kappa shape index (κ3) is 30.5. The summed E-state index contributed by atoms with van der Waals surface area (Å²) in [4.78, 5) is 42.7. The summed E-state index contributed by atoms with van der Waals surface area (Å²) < 4.78 is 32.0. The predicted octanol–water partition coefficient (Wildman–Crippen LogP) is 10.2. The lowest BCUT2D eigenvalue weighted by Gasteiger charge is -2.18. The zero-order valence-electron chi connectivity index (χ0n) is 30.5. The van der Waals surface area contributed by atoms with Crippen LogP contribution in [0.25, 0.3) is 0 Å². The van der Waals surface area contributed by atoms with Gasteiger partial charge in [0, 0.05) is 12.8 Å². The van der Waals surface area contributed by atoms with Crippen molar-refractivity contribution in [1.29, 1.82) is 0 Å². The van der Waals surface area contributed by atoms with Gasteiger partial charge in [-0.15, -0.1) is 0 Å². The molecule has 0 saturated carbocycles. The molecule has 0 aromatic heterocycles. The van der Waals surface area contributed by atoms with Crippen LogP contribution in [0.15, 0.2) is 48.6 Å². The normalized spacial score (nSPS) is 17.1. The molecule has 49 heavy (non-hydrogen) atoms. The highest BCUT2D eigenvalue weighted by molar-refractivity contribution is 7.46. The summed E-state index contributed by atoms with van der Waals surface area (Å²) in [6.45, 7) is 3.55.